The third-order valence-electron chi connectivity index (χ3n) is 10.3. The van der Waals surface area contributed by atoms with Gasteiger partial charge in [0.25, 0.3) is 0 Å². The minimum atomic E-state index is 0.925. The normalized spacial score (nSPS) is 12.2. The largest absolute Gasteiger partial charge is 0.456 e. The zero-order valence-corrected chi connectivity index (χ0v) is 25.9. The Balaban J connectivity index is 1.07. The molecule has 0 unspecified atom stereocenters. The Hall–Kier alpha value is -6.38. The van der Waals surface area contributed by atoms with Gasteiger partial charge in [0.15, 0.2) is 0 Å². The molecular weight excluding hydrogens is 583 g/mol. The highest BCUT2D eigenvalue weighted by atomic mass is 16.3. The van der Waals surface area contributed by atoms with E-state index in [1.54, 1.807) is 0 Å². The van der Waals surface area contributed by atoms with E-state index in [9.17, 15) is 0 Å². The fourth-order valence-corrected chi connectivity index (χ4v) is 8.19. The SMILES string of the molecule is c1ccc(-n2c3ccccc3c3cc(-c4ccc5c6c(cccc46)-c4cc(-c6ccc7oc8ccccc8c7c6)ccc4-5)ccc32)cc1. The molecule has 2 heteroatoms. The van der Waals surface area contributed by atoms with E-state index in [0.717, 1.165) is 21.9 Å². The van der Waals surface area contributed by atoms with Gasteiger partial charge in [0.2, 0.25) is 0 Å². The third kappa shape index (κ3) is 3.52. The van der Waals surface area contributed by atoms with E-state index in [-0.39, 0.29) is 0 Å². The first-order chi connectivity index (χ1) is 23.8. The number of aromatic nitrogens is 1. The van der Waals surface area contributed by atoms with E-state index in [1.165, 1.54) is 82.8 Å². The molecule has 0 aliphatic heterocycles. The van der Waals surface area contributed by atoms with Crippen LogP contribution in [0.4, 0.5) is 0 Å². The molecule has 11 rings (SSSR count). The van der Waals surface area contributed by atoms with Gasteiger partial charge >= 0.3 is 0 Å². The van der Waals surface area contributed by atoms with E-state index in [4.69, 9.17) is 4.42 Å². The molecule has 0 N–H and O–H groups in total. The van der Waals surface area contributed by atoms with Crippen molar-refractivity contribution < 1.29 is 4.42 Å². The van der Waals surface area contributed by atoms with Crippen LogP contribution in [0.1, 0.15) is 0 Å². The van der Waals surface area contributed by atoms with Crippen molar-refractivity contribution in [1.29, 1.82) is 0 Å². The molecule has 2 heterocycles. The Morgan fingerprint density at radius 3 is 1.92 bits per heavy atom. The van der Waals surface area contributed by atoms with E-state index in [1.807, 2.05) is 12.1 Å². The topological polar surface area (TPSA) is 18.1 Å². The monoisotopic (exact) mass is 609 g/mol. The number of hydrogen-bond donors (Lipinski definition) is 0. The molecule has 0 spiro atoms. The first-order valence-corrected chi connectivity index (χ1v) is 16.5. The van der Waals surface area contributed by atoms with Crippen molar-refractivity contribution in [2.75, 3.05) is 0 Å². The molecule has 0 radical (unpaired) electrons. The van der Waals surface area contributed by atoms with Crippen molar-refractivity contribution >= 4 is 54.5 Å². The van der Waals surface area contributed by atoms with Crippen molar-refractivity contribution in [3.8, 4) is 50.2 Å². The molecule has 1 aliphatic carbocycles. The van der Waals surface area contributed by atoms with Crippen molar-refractivity contribution in [2.45, 2.75) is 0 Å². The summed E-state index contributed by atoms with van der Waals surface area (Å²) in [7, 11) is 0. The van der Waals surface area contributed by atoms with Gasteiger partial charge in [-0.3, -0.25) is 0 Å². The van der Waals surface area contributed by atoms with Gasteiger partial charge in [0, 0.05) is 27.2 Å². The average Bonchev–Trinajstić information content (AvgIpc) is 3.80. The highest BCUT2D eigenvalue weighted by Gasteiger charge is 2.24. The van der Waals surface area contributed by atoms with Gasteiger partial charge in [-0.25, -0.2) is 0 Å². The van der Waals surface area contributed by atoms with Gasteiger partial charge in [-0.2, -0.15) is 0 Å². The molecule has 0 fully saturated rings. The van der Waals surface area contributed by atoms with Crippen LogP contribution in [0.25, 0.3) is 105 Å². The predicted molar refractivity (Wildman–Crippen MR) is 201 cm³/mol. The summed E-state index contributed by atoms with van der Waals surface area (Å²) < 4.78 is 8.49. The number of benzene rings is 8. The number of nitrogens with zero attached hydrogens (tertiary/aromatic N) is 1. The Morgan fingerprint density at radius 2 is 0.979 bits per heavy atom. The molecule has 2 aromatic heterocycles. The lowest BCUT2D eigenvalue weighted by Gasteiger charge is -2.11. The van der Waals surface area contributed by atoms with Crippen LogP contribution in [0.5, 0.6) is 0 Å². The smallest absolute Gasteiger partial charge is 0.135 e. The van der Waals surface area contributed by atoms with Gasteiger partial charge in [0.1, 0.15) is 11.2 Å². The fourth-order valence-electron chi connectivity index (χ4n) is 8.19. The second-order valence-electron chi connectivity index (χ2n) is 12.9. The summed E-state index contributed by atoms with van der Waals surface area (Å²) in [5.74, 6) is 0. The number of fused-ring (bicyclic) bond motifs is 9. The summed E-state index contributed by atoms with van der Waals surface area (Å²) in [5.41, 5.74) is 15.6. The second kappa shape index (κ2) is 9.57. The summed E-state index contributed by atoms with van der Waals surface area (Å²) in [6.45, 7) is 0. The summed E-state index contributed by atoms with van der Waals surface area (Å²) >= 11 is 0. The average molecular weight is 610 g/mol. The number of rotatable bonds is 3. The van der Waals surface area contributed by atoms with Crippen LogP contribution in [0, 0.1) is 0 Å². The van der Waals surface area contributed by atoms with Gasteiger partial charge in [-0.05, 0) is 110 Å². The van der Waals surface area contributed by atoms with Gasteiger partial charge in [-0.15, -0.1) is 0 Å². The molecule has 2 nitrogen and oxygen atoms in total. The van der Waals surface area contributed by atoms with Crippen molar-refractivity contribution in [3.05, 3.63) is 164 Å². The molecule has 0 saturated carbocycles. The first-order valence-electron chi connectivity index (χ1n) is 16.5. The third-order valence-corrected chi connectivity index (χ3v) is 10.3. The standard InChI is InChI=1S/C46H27NO/c1-2-9-31(10-3-1)47-42-15-6-4-11-34(42)40-27-30(18-23-43(40)47)32-21-22-38-33-20-17-28(25-39(33)37-14-8-13-36(32)46(37)38)29-19-24-45-41(26-29)35-12-5-7-16-44(35)48-45/h1-27H. The Morgan fingerprint density at radius 1 is 0.333 bits per heavy atom. The number of furan rings is 1. The van der Waals surface area contributed by atoms with Crippen molar-refractivity contribution in [2.24, 2.45) is 0 Å². The van der Waals surface area contributed by atoms with Gasteiger partial charge in [0.05, 0.1) is 11.0 Å². The molecule has 0 saturated heterocycles. The van der Waals surface area contributed by atoms with Crippen LogP contribution >= 0.6 is 0 Å². The van der Waals surface area contributed by atoms with Crippen LogP contribution in [0.2, 0.25) is 0 Å². The van der Waals surface area contributed by atoms with Crippen molar-refractivity contribution in [3.63, 3.8) is 0 Å². The maximum Gasteiger partial charge on any atom is 0.135 e. The molecule has 10 aromatic rings. The van der Waals surface area contributed by atoms with Crippen LogP contribution in [-0.4, -0.2) is 4.57 Å². The minimum absolute atomic E-state index is 0.925. The minimum Gasteiger partial charge on any atom is -0.456 e. The highest BCUT2D eigenvalue weighted by Crippen LogP contribution is 2.50. The van der Waals surface area contributed by atoms with Crippen LogP contribution in [0.15, 0.2) is 168 Å². The summed E-state index contributed by atoms with van der Waals surface area (Å²) in [5, 5.41) is 7.48. The first kappa shape index (κ1) is 25.8. The molecule has 0 amide bonds. The molecule has 1 aliphatic rings. The van der Waals surface area contributed by atoms with Crippen molar-refractivity contribution in [1.82, 2.24) is 4.57 Å². The van der Waals surface area contributed by atoms with Crippen LogP contribution < -0.4 is 0 Å². The molecular formula is C46H27NO. The fraction of sp³-hybridized carbons (Fsp3) is 0. The Bertz CT molecular complexity index is 2940. The van der Waals surface area contributed by atoms with E-state index >= 15 is 0 Å². The molecule has 0 atom stereocenters. The number of para-hydroxylation sites is 3. The second-order valence-corrected chi connectivity index (χ2v) is 12.9. The van der Waals surface area contributed by atoms with E-state index in [2.05, 4.69) is 156 Å². The summed E-state index contributed by atoms with van der Waals surface area (Å²) in [6, 6.07) is 59.6. The van der Waals surface area contributed by atoms with Gasteiger partial charge in [-0.1, -0.05) is 109 Å². The van der Waals surface area contributed by atoms with Crippen LogP contribution in [-0.2, 0) is 0 Å². The highest BCUT2D eigenvalue weighted by molar-refractivity contribution is 6.20. The van der Waals surface area contributed by atoms with E-state index in [0.29, 0.717) is 0 Å². The summed E-state index contributed by atoms with van der Waals surface area (Å²) in [4.78, 5) is 0. The zero-order valence-electron chi connectivity index (χ0n) is 25.9. The Labute approximate surface area is 276 Å². The molecule has 0 bridgehead atoms. The predicted octanol–water partition coefficient (Wildman–Crippen LogP) is 12.8. The quantitative estimate of drug-likeness (QED) is 0.195. The Kier molecular flexibility index (Phi) is 5.14. The lowest BCUT2D eigenvalue weighted by Crippen LogP contribution is -1.92. The molecule has 222 valence electrons. The molecule has 48 heavy (non-hydrogen) atoms. The number of hydrogen-bond acceptors (Lipinski definition) is 1. The maximum absolute atomic E-state index is 6.11. The van der Waals surface area contributed by atoms with E-state index < -0.39 is 0 Å². The van der Waals surface area contributed by atoms with Crippen LogP contribution in [0.3, 0.4) is 0 Å². The molecule has 8 aromatic carbocycles. The lowest BCUT2D eigenvalue weighted by atomic mass is 9.93. The zero-order chi connectivity index (χ0) is 31.3. The van der Waals surface area contributed by atoms with Gasteiger partial charge < -0.3 is 8.98 Å². The lowest BCUT2D eigenvalue weighted by molar-refractivity contribution is 0.669. The maximum atomic E-state index is 6.11. The summed E-state index contributed by atoms with van der Waals surface area (Å²) in [6.07, 6.45) is 0.